The number of nitrogens with one attached hydrogen (secondary N) is 1. The highest BCUT2D eigenvalue weighted by atomic mass is 35.5. The van der Waals surface area contributed by atoms with E-state index in [1.165, 1.54) is 38.5 Å². The van der Waals surface area contributed by atoms with Gasteiger partial charge in [-0.15, -0.1) is 0 Å². The van der Waals surface area contributed by atoms with Crippen LogP contribution in [0.3, 0.4) is 0 Å². The van der Waals surface area contributed by atoms with Crippen molar-refractivity contribution < 1.29 is 14.3 Å². The van der Waals surface area contributed by atoms with Gasteiger partial charge >= 0.3 is 0 Å². The Kier molecular flexibility index (Phi) is 11.1. The third kappa shape index (κ3) is 8.98. The molecule has 0 aromatic heterocycles. The summed E-state index contributed by atoms with van der Waals surface area (Å²) < 4.78 is 11.0. The molecular formula is C19H31ClN2O3. The molecule has 1 rings (SSSR count). The molecule has 6 heteroatoms. The largest absolute Gasteiger partial charge is 0.490 e. The second-order valence-corrected chi connectivity index (χ2v) is 6.44. The third-order valence-corrected chi connectivity index (χ3v) is 4.04. The summed E-state index contributed by atoms with van der Waals surface area (Å²) in [6, 6.07) is 3.72. The Hall–Kier alpha value is -1.46. The van der Waals surface area contributed by atoms with Crippen molar-refractivity contribution in [3.8, 4) is 11.5 Å². The second-order valence-electron chi connectivity index (χ2n) is 6.04. The minimum Gasteiger partial charge on any atom is -0.490 e. The summed E-state index contributed by atoms with van der Waals surface area (Å²) in [4.78, 5) is 10.9. The Morgan fingerprint density at radius 1 is 1.12 bits per heavy atom. The van der Waals surface area contributed by atoms with Crippen LogP contribution in [0.2, 0.25) is 5.02 Å². The van der Waals surface area contributed by atoms with Crippen molar-refractivity contribution in [2.75, 3.05) is 19.8 Å². The number of halogens is 1. The first-order chi connectivity index (χ1) is 12.1. The van der Waals surface area contributed by atoms with E-state index >= 15 is 0 Å². The maximum atomic E-state index is 10.9. The van der Waals surface area contributed by atoms with E-state index < -0.39 is 5.91 Å². The number of carbonyl (C=O) groups excluding carboxylic acids is 1. The molecule has 0 heterocycles. The monoisotopic (exact) mass is 370 g/mol. The van der Waals surface area contributed by atoms with Crippen LogP contribution in [0.25, 0.3) is 0 Å². The summed E-state index contributed by atoms with van der Waals surface area (Å²) in [6.45, 7) is 6.06. The Bertz CT molecular complexity index is 524. The summed E-state index contributed by atoms with van der Waals surface area (Å²) in [5, 5.41) is 3.85. The maximum Gasteiger partial charge on any atom is 0.255 e. The molecule has 1 aromatic carbocycles. The number of unbranched alkanes of at least 4 members (excludes halogenated alkanes) is 5. The van der Waals surface area contributed by atoms with Gasteiger partial charge in [-0.2, -0.15) is 0 Å². The van der Waals surface area contributed by atoms with E-state index in [1.807, 2.05) is 19.1 Å². The van der Waals surface area contributed by atoms with Crippen molar-refractivity contribution >= 4 is 17.5 Å². The molecule has 0 radical (unpaired) electrons. The molecule has 142 valence electrons. The summed E-state index contributed by atoms with van der Waals surface area (Å²) in [6.07, 6.45) is 7.68. The highest BCUT2D eigenvalue weighted by molar-refractivity contribution is 6.32. The average molecular weight is 371 g/mol. The predicted octanol–water partition coefficient (Wildman–Crippen LogP) is 4.05. The Labute approximate surface area is 156 Å². The first kappa shape index (κ1) is 21.6. The van der Waals surface area contributed by atoms with Gasteiger partial charge in [-0.25, -0.2) is 0 Å². The first-order valence-electron chi connectivity index (χ1n) is 9.15. The molecule has 0 aliphatic rings. The third-order valence-electron chi connectivity index (χ3n) is 3.76. The number of hydrogen-bond acceptors (Lipinski definition) is 4. The van der Waals surface area contributed by atoms with Crippen LogP contribution in [-0.2, 0) is 11.3 Å². The van der Waals surface area contributed by atoms with E-state index in [4.69, 9.17) is 26.8 Å². The van der Waals surface area contributed by atoms with Crippen molar-refractivity contribution in [1.29, 1.82) is 0 Å². The minimum absolute atomic E-state index is 0.227. The molecule has 0 bridgehead atoms. The zero-order chi connectivity index (χ0) is 18.5. The molecule has 1 aromatic rings. The van der Waals surface area contributed by atoms with Gasteiger partial charge in [0.2, 0.25) is 0 Å². The van der Waals surface area contributed by atoms with Crippen molar-refractivity contribution in [2.45, 2.75) is 58.9 Å². The fourth-order valence-corrected chi connectivity index (χ4v) is 2.82. The molecule has 25 heavy (non-hydrogen) atoms. The molecule has 0 aliphatic heterocycles. The summed E-state index contributed by atoms with van der Waals surface area (Å²) >= 11 is 6.28. The van der Waals surface area contributed by atoms with E-state index in [0.717, 1.165) is 12.1 Å². The van der Waals surface area contributed by atoms with Crippen LogP contribution in [0.4, 0.5) is 0 Å². The summed E-state index contributed by atoms with van der Waals surface area (Å²) in [5.74, 6) is 0.345. The predicted molar refractivity (Wildman–Crippen MR) is 102 cm³/mol. The second kappa shape index (κ2) is 12.8. The van der Waals surface area contributed by atoms with Gasteiger partial charge in [0.25, 0.3) is 5.91 Å². The lowest BCUT2D eigenvalue weighted by Gasteiger charge is -2.15. The lowest BCUT2D eigenvalue weighted by molar-refractivity contribution is -0.119. The van der Waals surface area contributed by atoms with Crippen LogP contribution in [0, 0.1) is 0 Å². The maximum absolute atomic E-state index is 10.9. The Morgan fingerprint density at radius 2 is 1.84 bits per heavy atom. The van der Waals surface area contributed by atoms with Gasteiger partial charge < -0.3 is 20.5 Å². The Morgan fingerprint density at radius 3 is 2.52 bits per heavy atom. The van der Waals surface area contributed by atoms with Gasteiger partial charge in [0.05, 0.1) is 11.6 Å². The van der Waals surface area contributed by atoms with Crippen molar-refractivity contribution in [1.82, 2.24) is 5.32 Å². The number of primary amides is 1. The number of benzene rings is 1. The zero-order valence-corrected chi connectivity index (χ0v) is 16.2. The fourth-order valence-electron chi connectivity index (χ4n) is 2.53. The number of carbonyl (C=O) groups is 1. The van der Waals surface area contributed by atoms with Gasteiger partial charge in [0.1, 0.15) is 0 Å². The van der Waals surface area contributed by atoms with Crippen LogP contribution in [0.1, 0.15) is 57.9 Å². The van der Waals surface area contributed by atoms with E-state index in [2.05, 4.69) is 12.2 Å². The summed E-state index contributed by atoms with van der Waals surface area (Å²) in [5.41, 5.74) is 6.14. The average Bonchev–Trinajstić information content (AvgIpc) is 2.56. The van der Waals surface area contributed by atoms with Crippen molar-refractivity contribution in [3.05, 3.63) is 22.7 Å². The molecule has 0 saturated carbocycles. The molecule has 5 nitrogen and oxygen atoms in total. The lowest BCUT2D eigenvalue weighted by Crippen LogP contribution is -2.20. The molecule has 0 atom stereocenters. The lowest BCUT2D eigenvalue weighted by atomic mass is 10.1. The highest BCUT2D eigenvalue weighted by Gasteiger charge is 2.13. The molecule has 0 fully saturated rings. The smallest absolute Gasteiger partial charge is 0.255 e. The quantitative estimate of drug-likeness (QED) is 0.484. The number of rotatable bonds is 14. The molecule has 0 unspecified atom stereocenters. The molecular weight excluding hydrogens is 340 g/mol. The highest BCUT2D eigenvalue weighted by Crippen LogP contribution is 2.36. The first-order valence-corrected chi connectivity index (χ1v) is 9.53. The number of amides is 1. The molecule has 3 N–H and O–H groups in total. The number of hydrogen-bond donors (Lipinski definition) is 2. The SMILES string of the molecule is CCCCCCCCNCc1cc(Cl)c(OCC(N)=O)c(OCC)c1. The van der Waals surface area contributed by atoms with Gasteiger partial charge in [0.15, 0.2) is 18.1 Å². The van der Waals surface area contributed by atoms with Crippen LogP contribution >= 0.6 is 11.6 Å². The zero-order valence-electron chi connectivity index (χ0n) is 15.4. The van der Waals surface area contributed by atoms with Gasteiger partial charge in [-0.3, -0.25) is 4.79 Å². The fraction of sp³-hybridized carbons (Fsp3) is 0.632. The van der Waals surface area contributed by atoms with Gasteiger partial charge in [0, 0.05) is 6.54 Å². The van der Waals surface area contributed by atoms with Crippen LogP contribution in [-0.4, -0.2) is 25.7 Å². The van der Waals surface area contributed by atoms with Crippen molar-refractivity contribution in [3.63, 3.8) is 0 Å². The minimum atomic E-state index is -0.553. The van der Waals surface area contributed by atoms with E-state index in [-0.39, 0.29) is 6.61 Å². The van der Waals surface area contributed by atoms with Crippen LogP contribution in [0.15, 0.2) is 12.1 Å². The number of nitrogens with two attached hydrogens (primary N) is 1. The van der Waals surface area contributed by atoms with Crippen LogP contribution in [0.5, 0.6) is 11.5 Å². The topological polar surface area (TPSA) is 73.6 Å². The van der Waals surface area contributed by atoms with Gasteiger partial charge in [-0.1, -0.05) is 50.6 Å². The molecule has 0 saturated heterocycles. The number of ether oxygens (including phenoxy) is 2. The standard InChI is InChI=1S/C19H31ClN2O3/c1-3-5-6-7-8-9-10-22-13-15-11-16(20)19(25-14-18(21)23)17(12-15)24-4-2/h11-12,22H,3-10,13-14H2,1-2H3,(H2,21,23). The summed E-state index contributed by atoms with van der Waals surface area (Å²) in [7, 11) is 0. The molecule has 1 amide bonds. The van der Waals surface area contributed by atoms with E-state index in [0.29, 0.717) is 29.7 Å². The molecule has 0 spiro atoms. The Balaban J connectivity index is 2.50. The van der Waals surface area contributed by atoms with E-state index in [1.54, 1.807) is 0 Å². The van der Waals surface area contributed by atoms with E-state index in [9.17, 15) is 4.79 Å². The van der Waals surface area contributed by atoms with Crippen LogP contribution < -0.4 is 20.5 Å². The van der Waals surface area contributed by atoms with Gasteiger partial charge in [-0.05, 0) is 37.6 Å². The normalized spacial score (nSPS) is 10.7. The van der Waals surface area contributed by atoms with Crippen molar-refractivity contribution in [2.24, 2.45) is 5.73 Å². The molecule has 0 aliphatic carbocycles.